The van der Waals surface area contributed by atoms with Gasteiger partial charge in [-0.1, -0.05) is 11.6 Å². The number of nitrogens with two attached hydrogens (primary N) is 1. The lowest BCUT2D eigenvalue weighted by atomic mass is 10.1. The first-order valence-corrected chi connectivity index (χ1v) is 9.40. The fourth-order valence-electron chi connectivity index (χ4n) is 2.13. The molecule has 0 saturated heterocycles. The Bertz CT molecular complexity index is 791. The molecule has 2 aromatic carbocycles. The number of carbonyl (C=O) groups excluding carboxylic acids is 1. The Balaban J connectivity index is 2.13. The van der Waals surface area contributed by atoms with Crippen LogP contribution in [0.1, 0.15) is 26.3 Å². The number of benzene rings is 2. The van der Waals surface area contributed by atoms with Crippen LogP contribution in [0, 0.1) is 9.39 Å². The van der Waals surface area contributed by atoms with Gasteiger partial charge in [0.15, 0.2) is 11.6 Å². The molecule has 1 atom stereocenters. The van der Waals surface area contributed by atoms with Crippen LogP contribution in [0.5, 0.6) is 11.5 Å². The van der Waals surface area contributed by atoms with Gasteiger partial charge in [-0.05, 0) is 91.7 Å². The van der Waals surface area contributed by atoms with Crippen LogP contribution in [0.2, 0.25) is 5.02 Å². The summed E-state index contributed by atoms with van der Waals surface area (Å²) in [5, 5.41) is 0.568. The summed E-state index contributed by atoms with van der Waals surface area (Å²) in [6.45, 7) is 5.30. The Labute approximate surface area is 171 Å². The molecular weight excluding hydrogens is 472 g/mol. The zero-order chi connectivity index (χ0) is 19.5. The van der Waals surface area contributed by atoms with Crippen LogP contribution in [0.25, 0.3) is 0 Å². The maximum atomic E-state index is 14.4. The van der Waals surface area contributed by atoms with Gasteiger partial charge >= 0.3 is 5.97 Å². The molecule has 0 aliphatic rings. The molecule has 140 valence electrons. The fraction of sp³-hybridized carbons (Fsp3) is 0.316. The fourth-order valence-corrected chi connectivity index (χ4v) is 2.92. The second-order valence-corrected chi connectivity index (χ2v) is 8.37. The number of ether oxygens (including phenoxy) is 2. The molecule has 7 heteroatoms. The summed E-state index contributed by atoms with van der Waals surface area (Å²) in [7, 11) is 0. The SMILES string of the molecule is CC(C)(C)OC(=O)C(N)Cc1cc(F)c(Oc2ccc(Cl)cc2)cc1I. The maximum absolute atomic E-state index is 14.4. The third kappa shape index (κ3) is 6.10. The molecule has 0 amide bonds. The highest BCUT2D eigenvalue weighted by Crippen LogP contribution is 2.29. The predicted octanol–water partition coefficient (Wildman–Crippen LogP) is 5.09. The Morgan fingerprint density at radius 2 is 1.88 bits per heavy atom. The molecule has 0 spiro atoms. The minimum atomic E-state index is -0.870. The van der Waals surface area contributed by atoms with Gasteiger partial charge in [0.25, 0.3) is 0 Å². The third-order valence-corrected chi connectivity index (χ3v) is 4.55. The van der Waals surface area contributed by atoms with Gasteiger partial charge in [0.05, 0.1) is 0 Å². The number of carbonyl (C=O) groups is 1. The van der Waals surface area contributed by atoms with E-state index in [0.29, 0.717) is 16.3 Å². The van der Waals surface area contributed by atoms with Gasteiger partial charge in [0.1, 0.15) is 17.4 Å². The first-order valence-electron chi connectivity index (χ1n) is 7.95. The molecule has 0 aliphatic heterocycles. The zero-order valence-electron chi connectivity index (χ0n) is 14.7. The minimum Gasteiger partial charge on any atom is -0.459 e. The van der Waals surface area contributed by atoms with Crippen molar-refractivity contribution in [2.24, 2.45) is 5.73 Å². The van der Waals surface area contributed by atoms with E-state index in [1.54, 1.807) is 51.1 Å². The molecule has 1 unspecified atom stereocenters. The van der Waals surface area contributed by atoms with E-state index in [2.05, 4.69) is 22.6 Å². The van der Waals surface area contributed by atoms with E-state index >= 15 is 0 Å². The molecule has 0 radical (unpaired) electrons. The first-order chi connectivity index (χ1) is 12.0. The second-order valence-electron chi connectivity index (χ2n) is 6.77. The van der Waals surface area contributed by atoms with Crippen molar-refractivity contribution in [1.29, 1.82) is 0 Å². The zero-order valence-corrected chi connectivity index (χ0v) is 17.6. The lowest BCUT2D eigenvalue weighted by molar-refractivity contribution is -0.156. The second kappa shape index (κ2) is 8.54. The molecule has 0 bridgehead atoms. The number of rotatable bonds is 5. The van der Waals surface area contributed by atoms with E-state index in [4.69, 9.17) is 26.8 Å². The lowest BCUT2D eigenvalue weighted by Crippen LogP contribution is -2.39. The molecule has 0 aromatic heterocycles. The summed E-state index contributed by atoms with van der Waals surface area (Å²) in [6.07, 6.45) is 0.172. The molecule has 0 heterocycles. The topological polar surface area (TPSA) is 61.5 Å². The average molecular weight is 492 g/mol. The summed E-state index contributed by atoms with van der Waals surface area (Å²) in [5.74, 6) is -0.490. The number of esters is 1. The summed E-state index contributed by atoms with van der Waals surface area (Å²) in [6, 6.07) is 8.66. The lowest BCUT2D eigenvalue weighted by Gasteiger charge is -2.22. The smallest absolute Gasteiger partial charge is 0.323 e. The van der Waals surface area contributed by atoms with Crippen LogP contribution >= 0.6 is 34.2 Å². The number of hydrogen-bond donors (Lipinski definition) is 1. The quantitative estimate of drug-likeness (QED) is 0.468. The van der Waals surface area contributed by atoms with Crippen LogP contribution in [0.4, 0.5) is 4.39 Å². The van der Waals surface area contributed by atoms with Gasteiger partial charge < -0.3 is 15.2 Å². The van der Waals surface area contributed by atoms with Crippen LogP contribution < -0.4 is 10.5 Å². The standard InChI is InChI=1S/C19H20ClFINO3/c1-19(2,3)26-18(24)16(23)9-11-8-14(21)17(10-15(11)22)25-13-6-4-12(20)5-7-13/h4-8,10,16H,9,23H2,1-3H3. The van der Waals surface area contributed by atoms with Crippen molar-refractivity contribution in [3.05, 3.63) is 56.4 Å². The van der Waals surface area contributed by atoms with E-state index in [1.807, 2.05) is 0 Å². The Hall–Kier alpha value is -1.38. The van der Waals surface area contributed by atoms with Crippen LogP contribution in [0.15, 0.2) is 36.4 Å². The van der Waals surface area contributed by atoms with Gasteiger partial charge in [-0.25, -0.2) is 4.39 Å². The van der Waals surface area contributed by atoms with Crippen LogP contribution in [-0.2, 0) is 16.0 Å². The minimum absolute atomic E-state index is 0.0892. The Morgan fingerprint density at radius 3 is 2.46 bits per heavy atom. The van der Waals surface area contributed by atoms with Crippen molar-refractivity contribution in [3.63, 3.8) is 0 Å². The Kier molecular flexibility index (Phi) is 6.87. The first kappa shape index (κ1) is 20.9. The number of halogens is 3. The molecule has 0 aliphatic carbocycles. The van der Waals surface area contributed by atoms with Crippen molar-refractivity contribution < 1.29 is 18.7 Å². The summed E-state index contributed by atoms with van der Waals surface area (Å²) < 4.78 is 26.0. The van der Waals surface area contributed by atoms with Crippen molar-refractivity contribution in [3.8, 4) is 11.5 Å². The maximum Gasteiger partial charge on any atom is 0.323 e. The molecule has 2 aromatic rings. The van der Waals surface area contributed by atoms with E-state index in [0.717, 1.165) is 3.57 Å². The van der Waals surface area contributed by atoms with E-state index < -0.39 is 23.4 Å². The highest BCUT2D eigenvalue weighted by atomic mass is 127. The summed E-state index contributed by atoms with van der Waals surface area (Å²) in [5.41, 5.74) is 5.90. The van der Waals surface area contributed by atoms with Crippen molar-refractivity contribution in [2.45, 2.75) is 38.8 Å². The molecule has 2 N–H and O–H groups in total. The van der Waals surface area contributed by atoms with E-state index in [9.17, 15) is 9.18 Å². The van der Waals surface area contributed by atoms with Crippen LogP contribution in [-0.4, -0.2) is 17.6 Å². The highest BCUT2D eigenvalue weighted by molar-refractivity contribution is 14.1. The third-order valence-electron chi connectivity index (χ3n) is 3.29. The molecule has 0 saturated carbocycles. The van der Waals surface area contributed by atoms with Gasteiger partial charge in [0, 0.05) is 8.59 Å². The van der Waals surface area contributed by atoms with Gasteiger partial charge in [-0.2, -0.15) is 0 Å². The largest absolute Gasteiger partial charge is 0.459 e. The molecule has 4 nitrogen and oxygen atoms in total. The molecule has 0 fully saturated rings. The van der Waals surface area contributed by atoms with Crippen molar-refractivity contribution >= 4 is 40.2 Å². The normalized spacial score (nSPS) is 12.6. The van der Waals surface area contributed by atoms with Gasteiger partial charge in [-0.15, -0.1) is 0 Å². The predicted molar refractivity (Wildman–Crippen MR) is 108 cm³/mol. The van der Waals surface area contributed by atoms with E-state index in [-0.39, 0.29) is 12.2 Å². The summed E-state index contributed by atoms with van der Waals surface area (Å²) >= 11 is 7.89. The Morgan fingerprint density at radius 1 is 1.27 bits per heavy atom. The molecule has 2 rings (SSSR count). The summed E-state index contributed by atoms with van der Waals surface area (Å²) in [4.78, 5) is 12.0. The van der Waals surface area contributed by atoms with E-state index in [1.165, 1.54) is 6.07 Å². The van der Waals surface area contributed by atoms with Gasteiger partial charge in [-0.3, -0.25) is 4.79 Å². The molecule has 26 heavy (non-hydrogen) atoms. The number of hydrogen-bond acceptors (Lipinski definition) is 4. The average Bonchev–Trinajstić information content (AvgIpc) is 2.52. The highest BCUT2D eigenvalue weighted by Gasteiger charge is 2.23. The monoisotopic (exact) mass is 491 g/mol. The van der Waals surface area contributed by atoms with Crippen molar-refractivity contribution in [2.75, 3.05) is 0 Å². The van der Waals surface area contributed by atoms with Gasteiger partial charge in [0.2, 0.25) is 0 Å². The molecular formula is C19H20ClFINO3. The van der Waals surface area contributed by atoms with Crippen molar-refractivity contribution in [1.82, 2.24) is 0 Å². The van der Waals surface area contributed by atoms with Crippen LogP contribution in [0.3, 0.4) is 0 Å².